The summed E-state index contributed by atoms with van der Waals surface area (Å²) < 4.78 is 0. The number of nitrogens with zero attached hydrogens (tertiary/aromatic N) is 1. The van der Waals surface area contributed by atoms with Crippen LogP contribution in [-0.4, -0.2) is 17.7 Å². The summed E-state index contributed by atoms with van der Waals surface area (Å²) >= 11 is 0. The lowest BCUT2D eigenvalue weighted by molar-refractivity contribution is -0.116. The third kappa shape index (κ3) is 3.18. The molecule has 0 unspecified atom stereocenters. The van der Waals surface area contributed by atoms with Gasteiger partial charge in [0.05, 0.1) is 16.8 Å². The van der Waals surface area contributed by atoms with Gasteiger partial charge < -0.3 is 5.32 Å². The summed E-state index contributed by atoms with van der Waals surface area (Å²) in [6, 6.07) is 12.0. The summed E-state index contributed by atoms with van der Waals surface area (Å²) in [5.41, 5.74) is 2.77. The van der Waals surface area contributed by atoms with Crippen molar-refractivity contribution in [2.45, 2.75) is 33.1 Å². The topological polar surface area (TPSA) is 66.5 Å². The molecular weight excluding hydrogens is 316 g/mol. The number of carbonyl (C=O) groups is 3. The van der Waals surface area contributed by atoms with Gasteiger partial charge in [-0.3, -0.25) is 14.4 Å². The van der Waals surface area contributed by atoms with E-state index in [4.69, 9.17) is 0 Å². The Bertz CT molecular complexity index is 823. The predicted molar refractivity (Wildman–Crippen MR) is 96.9 cm³/mol. The average molecular weight is 336 g/mol. The average Bonchev–Trinajstić information content (AvgIpc) is 2.87. The SMILES string of the molecule is CCCCC(=O)Nc1cc(N2C(=O)c3ccccc3C2=O)ccc1C. The molecule has 2 aromatic carbocycles. The zero-order valence-electron chi connectivity index (χ0n) is 14.3. The second-order valence-corrected chi connectivity index (χ2v) is 6.14. The fourth-order valence-corrected chi connectivity index (χ4v) is 2.86. The number of aryl methyl sites for hydroxylation is 1. The molecule has 1 aliphatic heterocycles. The molecule has 0 saturated carbocycles. The minimum absolute atomic E-state index is 0.0653. The number of carbonyl (C=O) groups excluding carboxylic acids is 3. The van der Waals surface area contributed by atoms with Gasteiger partial charge in [0.2, 0.25) is 5.91 Å². The third-order valence-corrected chi connectivity index (χ3v) is 4.30. The summed E-state index contributed by atoms with van der Waals surface area (Å²) in [6.07, 6.45) is 2.22. The van der Waals surface area contributed by atoms with Crippen LogP contribution in [-0.2, 0) is 4.79 Å². The van der Waals surface area contributed by atoms with Crippen LogP contribution < -0.4 is 10.2 Å². The first kappa shape index (κ1) is 16.9. The first-order valence-corrected chi connectivity index (χ1v) is 8.41. The Kier molecular flexibility index (Phi) is 4.65. The number of benzene rings is 2. The Morgan fingerprint density at radius 1 is 1.04 bits per heavy atom. The summed E-state index contributed by atoms with van der Waals surface area (Å²) in [5.74, 6) is -0.745. The highest BCUT2D eigenvalue weighted by molar-refractivity contribution is 6.34. The van der Waals surface area contributed by atoms with Crippen LogP contribution >= 0.6 is 0 Å². The number of fused-ring (bicyclic) bond motifs is 1. The molecule has 3 amide bonds. The van der Waals surface area contributed by atoms with Crippen LogP contribution in [0.2, 0.25) is 0 Å². The molecule has 0 fully saturated rings. The van der Waals surface area contributed by atoms with Crippen LogP contribution in [0.4, 0.5) is 11.4 Å². The van der Waals surface area contributed by atoms with Crippen molar-refractivity contribution in [1.29, 1.82) is 0 Å². The number of nitrogens with one attached hydrogen (secondary N) is 1. The number of hydrogen-bond donors (Lipinski definition) is 1. The summed E-state index contributed by atoms with van der Waals surface area (Å²) in [6.45, 7) is 3.91. The predicted octanol–water partition coefficient (Wildman–Crippen LogP) is 3.92. The summed E-state index contributed by atoms with van der Waals surface area (Å²) in [7, 11) is 0. The van der Waals surface area contributed by atoms with Gasteiger partial charge in [-0.2, -0.15) is 0 Å². The Balaban J connectivity index is 1.89. The van der Waals surface area contributed by atoms with Crippen molar-refractivity contribution in [2.75, 3.05) is 10.2 Å². The van der Waals surface area contributed by atoms with Crippen molar-refractivity contribution in [3.63, 3.8) is 0 Å². The maximum Gasteiger partial charge on any atom is 0.266 e. The van der Waals surface area contributed by atoms with Gasteiger partial charge in [-0.15, -0.1) is 0 Å². The number of unbranched alkanes of at least 4 members (excludes halogenated alkanes) is 1. The Hall–Kier alpha value is -2.95. The van der Waals surface area contributed by atoms with Crippen LogP contribution in [0, 0.1) is 6.92 Å². The van der Waals surface area contributed by atoms with E-state index in [1.165, 1.54) is 0 Å². The molecule has 0 radical (unpaired) electrons. The summed E-state index contributed by atoms with van der Waals surface area (Å²) in [4.78, 5) is 38.3. The van der Waals surface area contributed by atoms with E-state index in [0.29, 0.717) is 28.9 Å². The highest BCUT2D eigenvalue weighted by atomic mass is 16.2. The van der Waals surface area contributed by atoms with Crippen molar-refractivity contribution >= 4 is 29.1 Å². The number of imide groups is 1. The van der Waals surface area contributed by atoms with E-state index in [2.05, 4.69) is 5.32 Å². The lowest BCUT2D eigenvalue weighted by atomic mass is 10.1. The van der Waals surface area contributed by atoms with Gasteiger partial charge in [0, 0.05) is 12.1 Å². The molecule has 0 bridgehead atoms. The molecule has 5 nitrogen and oxygen atoms in total. The molecule has 5 heteroatoms. The maximum absolute atomic E-state index is 12.6. The first-order chi connectivity index (χ1) is 12.0. The second kappa shape index (κ2) is 6.89. The number of hydrogen-bond acceptors (Lipinski definition) is 3. The van der Waals surface area contributed by atoms with Crippen molar-refractivity contribution in [2.24, 2.45) is 0 Å². The fraction of sp³-hybridized carbons (Fsp3) is 0.250. The van der Waals surface area contributed by atoms with E-state index >= 15 is 0 Å². The lowest BCUT2D eigenvalue weighted by Crippen LogP contribution is -2.29. The largest absolute Gasteiger partial charge is 0.326 e. The Morgan fingerprint density at radius 3 is 2.28 bits per heavy atom. The Morgan fingerprint density at radius 2 is 1.68 bits per heavy atom. The molecular formula is C20H20N2O3. The van der Waals surface area contributed by atoms with Gasteiger partial charge in [-0.05, 0) is 43.2 Å². The van der Waals surface area contributed by atoms with Gasteiger partial charge in [-0.25, -0.2) is 4.90 Å². The smallest absolute Gasteiger partial charge is 0.266 e. The quantitative estimate of drug-likeness (QED) is 0.842. The fourth-order valence-electron chi connectivity index (χ4n) is 2.86. The second-order valence-electron chi connectivity index (χ2n) is 6.14. The molecule has 25 heavy (non-hydrogen) atoms. The first-order valence-electron chi connectivity index (χ1n) is 8.41. The summed E-state index contributed by atoms with van der Waals surface area (Å²) in [5, 5.41) is 2.87. The van der Waals surface area contributed by atoms with E-state index in [-0.39, 0.29) is 17.7 Å². The normalized spacial score (nSPS) is 13.1. The monoisotopic (exact) mass is 336 g/mol. The number of anilines is 2. The van der Waals surface area contributed by atoms with Gasteiger partial charge >= 0.3 is 0 Å². The van der Waals surface area contributed by atoms with E-state index in [1.807, 2.05) is 13.8 Å². The molecule has 1 N–H and O–H groups in total. The van der Waals surface area contributed by atoms with Crippen molar-refractivity contribution in [1.82, 2.24) is 0 Å². The highest BCUT2D eigenvalue weighted by Crippen LogP contribution is 2.31. The van der Waals surface area contributed by atoms with Gasteiger partial charge in [0.1, 0.15) is 0 Å². The number of amides is 3. The molecule has 0 saturated heterocycles. The number of rotatable bonds is 5. The van der Waals surface area contributed by atoms with Crippen LogP contribution in [0.3, 0.4) is 0 Å². The van der Waals surface area contributed by atoms with Crippen LogP contribution in [0.1, 0.15) is 52.5 Å². The molecule has 128 valence electrons. The minimum atomic E-state index is -0.340. The van der Waals surface area contributed by atoms with Crippen molar-refractivity contribution in [3.05, 3.63) is 59.2 Å². The van der Waals surface area contributed by atoms with E-state index < -0.39 is 0 Å². The van der Waals surface area contributed by atoms with Gasteiger partial charge in [0.25, 0.3) is 11.8 Å². The maximum atomic E-state index is 12.6. The van der Waals surface area contributed by atoms with Crippen molar-refractivity contribution in [3.8, 4) is 0 Å². The standard InChI is InChI=1S/C20H20N2O3/c1-3-4-9-18(23)21-17-12-14(11-10-13(17)2)22-19(24)15-7-5-6-8-16(15)20(22)25/h5-8,10-12H,3-4,9H2,1-2H3,(H,21,23). The zero-order valence-corrected chi connectivity index (χ0v) is 14.3. The van der Waals surface area contributed by atoms with Gasteiger partial charge in [0.15, 0.2) is 0 Å². The molecule has 1 aliphatic rings. The van der Waals surface area contributed by atoms with Crippen LogP contribution in [0.15, 0.2) is 42.5 Å². The van der Waals surface area contributed by atoms with E-state index in [1.54, 1.807) is 42.5 Å². The van der Waals surface area contributed by atoms with E-state index in [9.17, 15) is 14.4 Å². The van der Waals surface area contributed by atoms with Crippen LogP contribution in [0.5, 0.6) is 0 Å². The lowest BCUT2D eigenvalue weighted by Gasteiger charge is -2.17. The molecule has 3 rings (SSSR count). The minimum Gasteiger partial charge on any atom is -0.326 e. The zero-order chi connectivity index (χ0) is 18.0. The highest BCUT2D eigenvalue weighted by Gasteiger charge is 2.36. The molecule has 0 aromatic heterocycles. The Labute approximate surface area is 146 Å². The van der Waals surface area contributed by atoms with Gasteiger partial charge in [-0.1, -0.05) is 31.5 Å². The van der Waals surface area contributed by atoms with E-state index in [0.717, 1.165) is 23.3 Å². The van der Waals surface area contributed by atoms with Crippen LogP contribution in [0.25, 0.3) is 0 Å². The molecule has 1 heterocycles. The van der Waals surface area contributed by atoms with Crippen molar-refractivity contribution < 1.29 is 14.4 Å². The molecule has 2 aromatic rings. The third-order valence-electron chi connectivity index (χ3n) is 4.30. The molecule has 0 spiro atoms. The molecule has 0 atom stereocenters. The molecule has 0 aliphatic carbocycles.